The van der Waals surface area contributed by atoms with Crippen LogP contribution in [0.15, 0.2) is 18.5 Å². The van der Waals surface area contributed by atoms with E-state index in [4.69, 9.17) is 4.74 Å². The lowest BCUT2D eigenvalue weighted by atomic mass is 10.1. The van der Waals surface area contributed by atoms with E-state index in [1.165, 1.54) is 0 Å². The first-order valence-electron chi connectivity index (χ1n) is 8.49. The fourth-order valence-corrected chi connectivity index (χ4v) is 2.67. The molecule has 2 heterocycles. The molecule has 1 N–H and O–H groups in total. The summed E-state index contributed by atoms with van der Waals surface area (Å²) < 4.78 is 5.44. The summed E-state index contributed by atoms with van der Waals surface area (Å²) in [6.45, 7) is 11.1. The standard InChI is InChI=1S/C17H27N5O3/c1-12-11-21(9-10-22(12)16(24)25-17(3,4)5)13(2)14(23)20-15-18-7-6-8-19-15/h6-8,12-13H,9-11H2,1-5H3,(H,18,19,20,23)/t12-,13-/m0/s1. The zero-order valence-electron chi connectivity index (χ0n) is 15.5. The van der Waals surface area contributed by atoms with Gasteiger partial charge in [0.1, 0.15) is 5.60 Å². The molecule has 2 rings (SSSR count). The molecule has 1 aliphatic rings. The fourth-order valence-electron chi connectivity index (χ4n) is 2.67. The molecule has 0 aromatic carbocycles. The quantitative estimate of drug-likeness (QED) is 0.894. The van der Waals surface area contributed by atoms with Crippen LogP contribution in [-0.4, -0.2) is 69.1 Å². The second kappa shape index (κ2) is 7.77. The van der Waals surface area contributed by atoms with E-state index in [0.717, 1.165) is 0 Å². The Morgan fingerprint density at radius 3 is 2.48 bits per heavy atom. The average molecular weight is 349 g/mol. The predicted octanol–water partition coefficient (Wildman–Crippen LogP) is 1.74. The second-order valence-electron chi connectivity index (χ2n) is 7.26. The van der Waals surface area contributed by atoms with E-state index < -0.39 is 5.60 Å². The third kappa shape index (κ3) is 5.38. The van der Waals surface area contributed by atoms with Crippen LogP contribution in [0.5, 0.6) is 0 Å². The van der Waals surface area contributed by atoms with E-state index in [1.54, 1.807) is 23.4 Å². The third-order valence-corrected chi connectivity index (χ3v) is 4.01. The van der Waals surface area contributed by atoms with Gasteiger partial charge < -0.3 is 9.64 Å². The van der Waals surface area contributed by atoms with Crippen LogP contribution in [0.1, 0.15) is 34.6 Å². The second-order valence-corrected chi connectivity index (χ2v) is 7.26. The number of amides is 2. The van der Waals surface area contributed by atoms with Gasteiger partial charge in [0.2, 0.25) is 11.9 Å². The number of hydrogen-bond donors (Lipinski definition) is 1. The van der Waals surface area contributed by atoms with Crippen molar-refractivity contribution in [3.63, 3.8) is 0 Å². The van der Waals surface area contributed by atoms with Gasteiger partial charge in [-0.05, 0) is 40.7 Å². The normalized spacial score (nSPS) is 20.0. The van der Waals surface area contributed by atoms with Crippen molar-refractivity contribution in [3.8, 4) is 0 Å². The predicted molar refractivity (Wildman–Crippen MR) is 94.1 cm³/mol. The first-order valence-corrected chi connectivity index (χ1v) is 8.49. The molecule has 8 heteroatoms. The number of rotatable bonds is 3. The van der Waals surface area contributed by atoms with Gasteiger partial charge in [-0.1, -0.05) is 0 Å². The number of carbonyl (C=O) groups excluding carboxylic acids is 2. The molecule has 8 nitrogen and oxygen atoms in total. The summed E-state index contributed by atoms with van der Waals surface area (Å²) in [7, 11) is 0. The van der Waals surface area contributed by atoms with Crippen LogP contribution >= 0.6 is 0 Å². The van der Waals surface area contributed by atoms with Crippen LogP contribution < -0.4 is 5.32 Å². The number of carbonyl (C=O) groups is 2. The van der Waals surface area contributed by atoms with Crippen LogP contribution in [0, 0.1) is 0 Å². The van der Waals surface area contributed by atoms with E-state index in [0.29, 0.717) is 25.6 Å². The molecular weight excluding hydrogens is 322 g/mol. The average Bonchev–Trinajstić information content (AvgIpc) is 2.53. The molecular formula is C17H27N5O3. The monoisotopic (exact) mass is 349 g/mol. The molecule has 138 valence electrons. The number of hydrogen-bond acceptors (Lipinski definition) is 6. The Labute approximate surface area is 148 Å². The molecule has 0 saturated carbocycles. The van der Waals surface area contributed by atoms with E-state index >= 15 is 0 Å². The van der Waals surface area contributed by atoms with Gasteiger partial charge in [-0.2, -0.15) is 0 Å². The van der Waals surface area contributed by atoms with Crippen molar-refractivity contribution in [1.29, 1.82) is 0 Å². The van der Waals surface area contributed by atoms with Gasteiger partial charge in [-0.25, -0.2) is 14.8 Å². The van der Waals surface area contributed by atoms with Crippen LogP contribution in [0.4, 0.5) is 10.7 Å². The SMILES string of the molecule is C[C@@H](C(=O)Nc1ncccn1)N1CCN(C(=O)OC(C)(C)C)[C@@H](C)C1. The lowest BCUT2D eigenvalue weighted by Gasteiger charge is -2.42. The molecule has 2 amide bonds. The van der Waals surface area contributed by atoms with Gasteiger partial charge in [0.15, 0.2) is 0 Å². The smallest absolute Gasteiger partial charge is 0.410 e. The summed E-state index contributed by atoms with van der Waals surface area (Å²) in [6.07, 6.45) is 2.85. The number of nitrogens with one attached hydrogen (secondary N) is 1. The van der Waals surface area contributed by atoms with Crippen LogP contribution in [0.3, 0.4) is 0 Å². The minimum Gasteiger partial charge on any atom is -0.444 e. The minimum atomic E-state index is -0.517. The van der Waals surface area contributed by atoms with E-state index in [9.17, 15) is 9.59 Å². The highest BCUT2D eigenvalue weighted by atomic mass is 16.6. The van der Waals surface area contributed by atoms with Crippen molar-refractivity contribution in [2.45, 2.75) is 52.3 Å². The van der Waals surface area contributed by atoms with Crippen LogP contribution in [0.2, 0.25) is 0 Å². The lowest BCUT2D eigenvalue weighted by molar-refractivity contribution is -0.121. The summed E-state index contributed by atoms with van der Waals surface area (Å²) in [5.74, 6) is 0.129. The molecule has 0 unspecified atom stereocenters. The minimum absolute atomic E-state index is 0.0353. The zero-order valence-corrected chi connectivity index (χ0v) is 15.5. The molecule has 0 aliphatic carbocycles. The van der Waals surface area contributed by atoms with Gasteiger partial charge in [0.05, 0.1) is 6.04 Å². The Hall–Kier alpha value is -2.22. The number of aromatic nitrogens is 2. The van der Waals surface area contributed by atoms with Crippen LogP contribution in [-0.2, 0) is 9.53 Å². The molecule has 1 aliphatic heterocycles. The van der Waals surface area contributed by atoms with E-state index in [-0.39, 0.29) is 24.1 Å². The Morgan fingerprint density at radius 1 is 1.28 bits per heavy atom. The van der Waals surface area contributed by atoms with E-state index in [2.05, 4.69) is 15.3 Å². The summed E-state index contributed by atoms with van der Waals surface area (Å²) in [5.41, 5.74) is -0.517. The van der Waals surface area contributed by atoms with Crippen molar-refractivity contribution >= 4 is 17.9 Å². The summed E-state index contributed by atoms with van der Waals surface area (Å²) >= 11 is 0. The number of piperazine rings is 1. The van der Waals surface area contributed by atoms with Crippen molar-refractivity contribution in [2.24, 2.45) is 0 Å². The molecule has 0 spiro atoms. The number of nitrogens with zero attached hydrogens (tertiary/aromatic N) is 4. The summed E-state index contributed by atoms with van der Waals surface area (Å²) in [4.78, 5) is 36.4. The maximum atomic E-state index is 12.4. The van der Waals surface area contributed by atoms with Gasteiger partial charge in [0.25, 0.3) is 0 Å². The lowest BCUT2D eigenvalue weighted by Crippen LogP contribution is -2.58. The first kappa shape index (κ1) is 19.1. The Morgan fingerprint density at radius 2 is 1.92 bits per heavy atom. The topological polar surface area (TPSA) is 87.7 Å². The van der Waals surface area contributed by atoms with Crippen LogP contribution in [0.25, 0.3) is 0 Å². The van der Waals surface area contributed by atoms with Crippen molar-refractivity contribution in [3.05, 3.63) is 18.5 Å². The highest BCUT2D eigenvalue weighted by Gasteiger charge is 2.34. The Kier molecular flexibility index (Phi) is 5.94. The summed E-state index contributed by atoms with van der Waals surface area (Å²) in [6, 6.07) is 1.32. The number of anilines is 1. The molecule has 1 fully saturated rings. The largest absolute Gasteiger partial charge is 0.444 e. The Balaban J connectivity index is 1.91. The molecule has 1 saturated heterocycles. The Bertz CT molecular complexity index is 602. The molecule has 0 bridgehead atoms. The first-order chi connectivity index (χ1) is 11.7. The van der Waals surface area contributed by atoms with E-state index in [1.807, 2.05) is 39.5 Å². The van der Waals surface area contributed by atoms with Gasteiger partial charge >= 0.3 is 6.09 Å². The van der Waals surface area contributed by atoms with Crippen molar-refractivity contribution in [1.82, 2.24) is 19.8 Å². The van der Waals surface area contributed by atoms with Gasteiger partial charge in [-0.15, -0.1) is 0 Å². The zero-order chi connectivity index (χ0) is 18.6. The maximum Gasteiger partial charge on any atom is 0.410 e. The highest BCUT2D eigenvalue weighted by Crippen LogP contribution is 2.17. The molecule has 2 atom stereocenters. The molecule has 1 aromatic heterocycles. The third-order valence-electron chi connectivity index (χ3n) is 4.01. The van der Waals surface area contributed by atoms with Gasteiger partial charge in [-0.3, -0.25) is 15.0 Å². The van der Waals surface area contributed by atoms with Gasteiger partial charge in [0, 0.05) is 38.1 Å². The maximum absolute atomic E-state index is 12.4. The van der Waals surface area contributed by atoms with Crippen molar-refractivity contribution < 1.29 is 14.3 Å². The molecule has 0 radical (unpaired) electrons. The number of ether oxygens (including phenoxy) is 1. The molecule has 1 aromatic rings. The highest BCUT2D eigenvalue weighted by molar-refractivity contribution is 5.93. The van der Waals surface area contributed by atoms with Crippen molar-refractivity contribution in [2.75, 3.05) is 25.0 Å². The summed E-state index contributed by atoms with van der Waals surface area (Å²) in [5, 5.41) is 2.71. The fraction of sp³-hybridized carbons (Fsp3) is 0.647. The molecule has 25 heavy (non-hydrogen) atoms.